The van der Waals surface area contributed by atoms with Gasteiger partial charge < -0.3 is 0 Å². The van der Waals surface area contributed by atoms with E-state index >= 15 is 0 Å². The number of rotatable bonds is 5. The fourth-order valence-electron chi connectivity index (χ4n) is 2.98. The van der Waals surface area contributed by atoms with Crippen LogP contribution in [0.2, 0.25) is 4.71 Å². The van der Waals surface area contributed by atoms with E-state index in [1.807, 2.05) is 0 Å². The molecule has 2 unspecified atom stereocenters. The SMILES string of the molecule is O=C(O)c1cn2c(n1)CN(C(=O)CC([AsH2])Cc1cc(F)ccc1F)CC2. The van der Waals surface area contributed by atoms with E-state index in [9.17, 15) is 18.4 Å². The first-order valence-electron chi connectivity index (χ1n) is 8.10. The summed E-state index contributed by atoms with van der Waals surface area (Å²) in [5.74, 6) is -1.62. The van der Waals surface area contributed by atoms with Gasteiger partial charge in [-0.2, -0.15) is 0 Å². The zero-order valence-corrected chi connectivity index (χ0v) is 16.3. The normalized spacial score (nSPS) is 14.8. The number of hydrogen-bond acceptors (Lipinski definition) is 3. The molecule has 1 aromatic heterocycles. The Bertz CT molecular complexity index is 856. The topological polar surface area (TPSA) is 75.4 Å². The third kappa shape index (κ3) is 4.12. The van der Waals surface area contributed by atoms with Crippen LogP contribution >= 0.6 is 0 Å². The van der Waals surface area contributed by atoms with E-state index in [4.69, 9.17) is 5.11 Å². The summed E-state index contributed by atoms with van der Waals surface area (Å²) in [7, 11) is 0. The number of amides is 1. The van der Waals surface area contributed by atoms with Gasteiger partial charge in [-0.25, -0.2) is 0 Å². The Morgan fingerprint density at radius 3 is 2.81 bits per heavy atom. The van der Waals surface area contributed by atoms with Crippen molar-refractivity contribution < 1.29 is 23.5 Å². The summed E-state index contributed by atoms with van der Waals surface area (Å²) < 4.78 is 28.6. The number of carbonyl (C=O) groups excluding carboxylic acids is 1. The van der Waals surface area contributed by atoms with Crippen LogP contribution in [0.1, 0.15) is 28.3 Å². The predicted octanol–water partition coefficient (Wildman–Crippen LogP) is 1.26. The van der Waals surface area contributed by atoms with Crippen molar-refractivity contribution in [1.29, 1.82) is 0 Å². The molecule has 9 heteroatoms. The molecule has 0 aliphatic carbocycles. The molecule has 0 radical (unpaired) electrons. The van der Waals surface area contributed by atoms with Crippen molar-refractivity contribution in [3.05, 3.63) is 53.1 Å². The average Bonchev–Trinajstić information content (AvgIpc) is 3.01. The van der Waals surface area contributed by atoms with Gasteiger partial charge in [0.25, 0.3) is 0 Å². The maximum atomic E-state index is 13.7. The molecule has 2 heterocycles. The number of aromatic nitrogens is 2. The molecule has 138 valence electrons. The second-order valence-corrected chi connectivity index (χ2v) is 8.24. The molecular formula is C17H18AsF2N3O3. The Morgan fingerprint density at radius 2 is 2.08 bits per heavy atom. The number of carboxylic acids is 1. The van der Waals surface area contributed by atoms with E-state index in [-0.39, 0.29) is 34.8 Å². The minimum absolute atomic E-state index is 0.0346. The summed E-state index contributed by atoms with van der Waals surface area (Å²) in [6.45, 7) is 1.20. The summed E-state index contributed by atoms with van der Waals surface area (Å²) in [6, 6.07) is 3.33. The van der Waals surface area contributed by atoms with Crippen LogP contribution in [-0.4, -0.2) is 54.8 Å². The van der Waals surface area contributed by atoms with Crippen LogP contribution in [0.15, 0.2) is 24.4 Å². The van der Waals surface area contributed by atoms with Crippen LogP contribution in [0.4, 0.5) is 8.78 Å². The molecule has 0 spiro atoms. The number of hydrogen-bond donors (Lipinski definition) is 1. The number of benzene rings is 1. The molecule has 1 aromatic carbocycles. The fraction of sp³-hybridized carbons (Fsp3) is 0.353. The summed E-state index contributed by atoms with van der Waals surface area (Å²) in [6.07, 6.45) is 1.99. The second-order valence-electron chi connectivity index (χ2n) is 6.26. The van der Waals surface area contributed by atoms with Crippen molar-refractivity contribution in [2.75, 3.05) is 6.54 Å². The van der Waals surface area contributed by atoms with Gasteiger partial charge in [-0.3, -0.25) is 0 Å². The number of imidazole rings is 1. The van der Waals surface area contributed by atoms with Gasteiger partial charge in [-0.1, -0.05) is 0 Å². The molecule has 6 nitrogen and oxygen atoms in total. The summed E-state index contributed by atoms with van der Waals surface area (Å²) in [4.78, 5) is 29.2. The number of aromatic carboxylic acids is 1. The van der Waals surface area contributed by atoms with E-state index < -0.39 is 17.6 Å². The average molecular weight is 425 g/mol. The number of carbonyl (C=O) groups is 2. The monoisotopic (exact) mass is 425 g/mol. The van der Waals surface area contributed by atoms with Gasteiger partial charge in [0, 0.05) is 0 Å². The second kappa shape index (κ2) is 7.58. The van der Waals surface area contributed by atoms with Crippen LogP contribution < -0.4 is 0 Å². The molecular weight excluding hydrogens is 407 g/mol. The summed E-state index contributed by atoms with van der Waals surface area (Å²) >= 11 is 1.30. The Labute approximate surface area is 157 Å². The molecule has 0 saturated heterocycles. The van der Waals surface area contributed by atoms with Crippen LogP contribution in [0.3, 0.4) is 0 Å². The van der Waals surface area contributed by atoms with E-state index in [2.05, 4.69) is 4.98 Å². The van der Waals surface area contributed by atoms with Gasteiger partial charge in [0.1, 0.15) is 0 Å². The van der Waals surface area contributed by atoms with Crippen molar-refractivity contribution in [1.82, 2.24) is 14.5 Å². The number of fused-ring (bicyclic) bond motifs is 1. The molecule has 1 amide bonds. The van der Waals surface area contributed by atoms with Crippen LogP contribution in [0, 0.1) is 11.6 Å². The van der Waals surface area contributed by atoms with Crippen molar-refractivity contribution in [3.8, 4) is 0 Å². The molecule has 2 atom stereocenters. The summed E-state index contributed by atoms with van der Waals surface area (Å²) in [5, 5.41) is 9.00. The predicted molar refractivity (Wildman–Crippen MR) is 91.6 cm³/mol. The zero-order valence-electron chi connectivity index (χ0n) is 13.9. The number of carboxylic acid groups (broad SMARTS) is 1. The van der Waals surface area contributed by atoms with Crippen LogP contribution in [0.5, 0.6) is 0 Å². The molecule has 3 rings (SSSR count). The molecule has 1 N–H and O–H groups in total. The Balaban J connectivity index is 1.61. The third-order valence-corrected chi connectivity index (χ3v) is 5.29. The van der Waals surface area contributed by atoms with Gasteiger partial charge in [0.2, 0.25) is 0 Å². The molecule has 1 aliphatic heterocycles. The Kier molecular flexibility index (Phi) is 5.41. The van der Waals surface area contributed by atoms with E-state index in [1.54, 1.807) is 9.47 Å². The van der Waals surface area contributed by atoms with Crippen molar-refractivity contribution in [2.45, 2.75) is 30.6 Å². The Hall–Kier alpha value is -2.21. The van der Waals surface area contributed by atoms with Gasteiger partial charge in [0.05, 0.1) is 0 Å². The van der Waals surface area contributed by atoms with Crippen LogP contribution in [-0.2, 0) is 24.3 Å². The van der Waals surface area contributed by atoms with Crippen LogP contribution in [0.25, 0.3) is 0 Å². The van der Waals surface area contributed by atoms with E-state index in [0.717, 1.165) is 18.2 Å². The fourth-order valence-corrected chi connectivity index (χ4v) is 3.93. The number of halogens is 2. The molecule has 2 aromatic rings. The van der Waals surface area contributed by atoms with Crippen molar-refractivity contribution >= 4 is 28.7 Å². The maximum absolute atomic E-state index is 13.7. The molecule has 26 heavy (non-hydrogen) atoms. The molecule has 1 aliphatic rings. The van der Waals surface area contributed by atoms with E-state index in [0.29, 0.717) is 25.3 Å². The quantitative estimate of drug-likeness (QED) is 0.733. The van der Waals surface area contributed by atoms with Gasteiger partial charge in [-0.15, -0.1) is 0 Å². The third-order valence-electron chi connectivity index (χ3n) is 4.30. The standard InChI is InChI=1S/C17H18AsF2N3O3/c18-11(5-10-6-12(19)1-2-13(10)20)7-16(24)23-4-3-22-8-14(17(25)26)21-15(22)9-23/h1-2,6,8,11H,3-5,7,9,18H2,(H,25,26). The zero-order chi connectivity index (χ0) is 18.8. The van der Waals surface area contributed by atoms with Crippen molar-refractivity contribution in [2.24, 2.45) is 0 Å². The van der Waals surface area contributed by atoms with Gasteiger partial charge in [0.15, 0.2) is 0 Å². The first-order chi connectivity index (χ1) is 12.3. The first kappa shape index (κ1) is 18.6. The minimum atomic E-state index is -1.10. The van der Waals surface area contributed by atoms with E-state index in [1.165, 1.54) is 23.0 Å². The Morgan fingerprint density at radius 1 is 1.31 bits per heavy atom. The number of nitrogens with zero attached hydrogens (tertiary/aromatic N) is 3. The first-order valence-corrected chi connectivity index (χ1v) is 9.50. The van der Waals surface area contributed by atoms with Gasteiger partial charge in [-0.05, 0) is 0 Å². The molecule has 0 saturated carbocycles. The van der Waals surface area contributed by atoms with Crippen molar-refractivity contribution in [3.63, 3.8) is 0 Å². The summed E-state index contributed by atoms with van der Waals surface area (Å²) in [5.41, 5.74) is 0.236. The van der Waals surface area contributed by atoms with Gasteiger partial charge >= 0.3 is 157 Å². The molecule has 0 bridgehead atoms. The molecule has 0 fully saturated rings.